The fraction of sp³-hybridized carbons (Fsp3) is 0. The Morgan fingerprint density at radius 2 is 1.79 bits per heavy atom. The van der Waals surface area contributed by atoms with E-state index in [0.29, 0.717) is 5.56 Å². The van der Waals surface area contributed by atoms with Crippen molar-refractivity contribution in [3.05, 3.63) is 65.2 Å². The first-order valence-electron chi connectivity index (χ1n) is 5.27. The molecule has 0 spiro atoms. The van der Waals surface area contributed by atoms with Crippen molar-refractivity contribution in [2.75, 3.05) is 0 Å². The molecule has 19 heavy (non-hydrogen) atoms. The summed E-state index contributed by atoms with van der Waals surface area (Å²) in [6.07, 6.45) is 0. The van der Waals surface area contributed by atoms with Crippen LogP contribution in [0.25, 0.3) is 0 Å². The van der Waals surface area contributed by atoms with Crippen molar-refractivity contribution in [1.82, 2.24) is 0 Å². The minimum absolute atomic E-state index is 0.146. The maximum Gasteiger partial charge on any atom is 0.346 e. The highest BCUT2D eigenvalue weighted by molar-refractivity contribution is 5.91. The van der Waals surface area contributed by atoms with Gasteiger partial charge in [0.15, 0.2) is 0 Å². The Morgan fingerprint density at radius 1 is 1.11 bits per heavy atom. The molecule has 0 aliphatic carbocycles. The minimum atomic E-state index is -0.998. The van der Waals surface area contributed by atoms with E-state index in [9.17, 15) is 13.6 Å². The summed E-state index contributed by atoms with van der Waals surface area (Å²) in [6.45, 7) is 0. The predicted molar refractivity (Wildman–Crippen MR) is 62.5 cm³/mol. The average molecular weight is 259 g/mol. The lowest BCUT2D eigenvalue weighted by Gasteiger charge is -2.05. The van der Waals surface area contributed by atoms with Gasteiger partial charge in [0.25, 0.3) is 0 Å². The standard InChI is InChI=1S/C14H7F2NO2/c15-10-3-6-13(16)12(7-10)14(18)19-11-4-1-9(8-17)2-5-11/h1-7H. The third-order valence-electron chi connectivity index (χ3n) is 2.34. The van der Waals surface area contributed by atoms with Crippen LogP contribution in [0.15, 0.2) is 42.5 Å². The van der Waals surface area contributed by atoms with E-state index in [4.69, 9.17) is 10.00 Å². The Bertz CT molecular complexity index is 660. The molecule has 0 fully saturated rings. The highest BCUT2D eigenvalue weighted by atomic mass is 19.1. The second-order valence-corrected chi connectivity index (χ2v) is 3.65. The van der Waals surface area contributed by atoms with Crippen LogP contribution in [0.3, 0.4) is 0 Å². The van der Waals surface area contributed by atoms with Gasteiger partial charge in [-0.25, -0.2) is 13.6 Å². The molecule has 0 saturated carbocycles. The van der Waals surface area contributed by atoms with Crippen molar-refractivity contribution >= 4 is 5.97 Å². The van der Waals surface area contributed by atoms with Crippen LogP contribution in [0.5, 0.6) is 5.75 Å². The van der Waals surface area contributed by atoms with E-state index >= 15 is 0 Å². The molecule has 0 radical (unpaired) electrons. The predicted octanol–water partition coefficient (Wildman–Crippen LogP) is 3.06. The van der Waals surface area contributed by atoms with E-state index in [-0.39, 0.29) is 5.75 Å². The van der Waals surface area contributed by atoms with Gasteiger partial charge in [0.05, 0.1) is 17.2 Å². The fourth-order valence-corrected chi connectivity index (χ4v) is 1.41. The summed E-state index contributed by atoms with van der Waals surface area (Å²) in [5.41, 5.74) is -0.0823. The quantitative estimate of drug-likeness (QED) is 0.615. The summed E-state index contributed by atoms with van der Waals surface area (Å²) in [5, 5.41) is 8.61. The number of carbonyl (C=O) groups excluding carboxylic acids is 1. The third kappa shape index (κ3) is 2.93. The van der Waals surface area contributed by atoms with Crippen molar-refractivity contribution in [2.45, 2.75) is 0 Å². The second-order valence-electron chi connectivity index (χ2n) is 3.65. The van der Waals surface area contributed by atoms with Crippen LogP contribution in [0, 0.1) is 23.0 Å². The van der Waals surface area contributed by atoms with Crippen LogP contribution in [-0.4, -0.2) is 5.97 Å². The number of nitrogens with zero attached hydrogens (tertiary/aromatic N) is 1. The normalized spacial score (nSPS) is 9.74. The molecule has 2 aromatic carbocycles. The van der Waals surface area contributed by atoms with E-state index in [1.807, 2.05) is 6.07 Å². The second kappa shape index (κ2) is 5.27. The molecule has 0 unspecified atom stereocenters. The van der Waals surface area contributed by atoms with Gasteiger partial charge in [-0.1, -0.05) is 0 Å². The maximum atomic E-state index is 13.3. The molecule has 0 N–H and O–H groups in total. The Hall–Kier alpha value is -2.74. The number of ether oxygens (including phenoxy) is 1. The molecule has 0 saturated heterocycles. The lowest BCUT2D eigenvalue weighted by Crippen LogP contribution is -2.11. The van der Waals surface area contributed by atoms with Crippen molar-refractivity contribution in [2.24, 2.45) is 0 Å². The lowest BCUT2D eigenvalue weighted by molar-refractivity contribution is 0.0729. The van der Waals surface area contributed by atoms with Crippen molar-refractivity contribution in [3.63, 3.8) is 0 Å². The Morgan fingerprint density at radius 3 is 2.42 bits per heavy atom. The summed E-state index contributed by atoms with van der Waals surface area (Å²) in [4.78, 5) is 11.6. The Balaban J connectivity index is 2.21. The minimum Gasteiger partial charge on any atom is -0.423 e. The first kappa shape index (κ1) is 12.7. The number of carbonyl (C=O) groups is 1. The van der Waals surface area contributed by atoms with Crippen LogP contribution in [0.1, 0.15) is 15.9 Å². The van der Waals surface area contributed by atoms with Crippen molar-refractivity contribution in [1.29, 1.82) is 5.26 Å². The smallest absolute Gasteiger partial charge is 0.346 e. The van der Waals surface area contributed by atoms with Gasteiger partial charge in [0, 0.05) is 0 Å². The highest BCUT2D eigenvalue weighted by Gasteiger charge is 2.15. The van der Waals surface area contributed by atoms with Gasteiger partial charge in [-0.15, -0.1) is 0 Å². The van der Waals surface area contributed by atoms with Gasteiger partial charge in [0.2, 0.25) is 0 Å². The lowest BCUT2D eigenvalue weighted by atomic mass is 10.2. The molecular weight excluding hydrogens is 252 g/mol. The van der Waals surface area contributed by atoms with Gasteiger partial charge in [0.1, 0.15) is 17.4 Å². The number of halogens is 2. The maximum absolute atomic E-state index is 13.3. The molecule has 0 heterocycles. The number of esters is 1. The average Bonchev–Trinajstić information content (AvgIpc) is 2.42. The molecule has 94 valence electrons. The molecule has 0 aromatic heterocycles. The summed E-state index contributed by atoms with van der Waals surface area (Å²) in [7, 11) is 0. The number of hydrogen-bond donors (Lipinski definition) is 0. The zero-order chi connectivity index (χ0) is 13.8. The van der Waals surface area contributed by atoms with E-state index in [1.165, 1.54) is 24.3 Å². The summed E-state index contributed by atoms with van der Waals surface area (Å²) in [6, 6.07) is 10.1. The molecule has 0 atom stereocenters. The topological polar surface area (TPSA) is 50.1 Å². The van der Waals surface area contributed by atoms with Crippen LogP contribution in [0.4, 0.5) is 8.78 Å². The zero-order valence-corrected chi connectivity index (χ0v) is 9.56. The van der Waals surface area contributed by atoms with E-state index in [0.717, 1.165) is 18.2 Å². The largest absolute Gasteiger partial charge is 0.423 e. The molecule has 2 aromatic rings. The first-order valence-corrected chi connectivity index (χ1v) is 5.27. The third-order valence-corrected chi connectivity index (χ3v) is 2.34. The van der Waals surface area contributed by atoms with Crippen molar-refractivity contribution < 1.29 is 18.3 Å². The molecule has 3 nitrogen and oxygen atoms in total. The molecule has 0 bridgehead atoms. The number of benzene rings is 2. The number of rotatable bonds is 2. The van der Waals surface area contributed by atoms with Crippen LogP contribution in [0.2, 0.25) is 0 Å². The van der Waals surface area contributed by atoms with Crippen LogP contribution in [-0.2, 0) is 0 Å². The Kier molecular flexibility index (Phi) is 3.53. The Labute approximate surface area is 107 Å². The van der Waals surface area contributed by atoms with Gasteiger partial charge in [-0.2, -0.15) is 5.26 Å². The summed E-state index contributed by atoms with van der Waals surface area (Å²) in [5.74, 6) is -2.44. The number of hydrogen-bond acceptors (Lipinski definition) is 3. The van der Waals surface area contributed by atoms with Crippen LogP contribution < -0.4 is 4.74 Å². The molecular formula is C14H7F2NO2. The molecule has 0 aliphatic rings. The van der Waals surface area contributed by atoms with Gasteiger partial charge < -0.3 is 4.74 Å². The molecule has 5 heteroatoms. The molecule has 0 amide bonds. The molecule has 0 aliphatic heterocycles. The van der Waals surface area contributed by atoms with E-state index < -0.39 is 23.2 Å². The van der Waals surface area contributed by atoms with Crippen molar-refractivity contribution in [3.8, 4) is 11.8 Å². The van der Waals surface area contributed by atoms with Crippen LogP contribution >= 0.6 is 0 Å². The monoisotopic (exact) mass is 259 g/mol. The summed E-state index contributed by atoms with van der Waals surface area (Å²) < 4.78 is 31.1. The SMILES string of the molecule is N#Cc1ccc(OC(=O)c2cc(F)ccc2F)cc1. The fourth-order valence-electron chi connectivity index (χ4n) is 1.41. The summed E-state index contributed by atoms with van der Waals surface area (Å²) >= 11 is 0. The highest BCUT2D eigenvalue weighted by Crippen LogP contribution is 2.16. The first-order chi connectivity index (χ1) is 9.10. The van der Waals surface area contributed by atoms with E-state index in [2.05, 4.69) is 0 Å². The van der Waals surface area contributed by atoms with Gasteiger partial charge in [-0.3, -0.25) is 0 Å². The van der Waals surface area contributed by atoms with Gasteiger partial charge in [-0.05, 0) is 42.5 Å². The van der Waals surface area contributed by atoms with E-state index in [1.54, 1.807) is 0 Å². The zero-order valence-electron chi connectivity index (χ0n) is 9.56. The molecule has 2 rings (SSSR count). The number of nitriles is 1. The van der Waals surface area contributed by atoms with Gasteiger partial charge >= 0.3 is 5.97 Å².